The van der Waals surface area contributed by atoms with E-state index >= 15 is 0 Å². The molecule has 0 spiro atoms. The number of carbonyl (C=O) groups is 1. The molecule has 2 aliphatic rings. The molecule has 2 saturated heterocycles. The number of pyridine rings is 1. The van der Waals surface area contributed by atoms with Gasteiger partial charge in [0.25, 0.3) is 0 Å². The average Bonchev–Trinajstić information content (AvgIpc) is 2.80. The van der Waals surface area contributed by atoms with E-state index in [0.717, 1.165) is 50.0 Å². The van der Waals surface area contributed by atoms with Crippen LogP contribution in [0.15, 0.2) is 48.7 Å². The quantitative estimate of drug-likeness (QED) is 0.739. The number of aliphatic hydroxyl groups is 1. The van der Waals surface area contributed by atoms with Gasteiger partial charge in [0.1, 0.15) is 0 Å². The number of nitrogens with zero attached hydrogens (tertiary/aromatic N) is 3. The summed E-state index contributed by atoms with van der Waals surface area (Å²) in [7, 11) is 0. The third kappa shape index (κ3) is 5.03. The number of carbonyl (C=O) groups excluding carboxylic acids is 1. The van der Waals surface area contributed by atoms with Gasteiger partial charge in [0, 0.05) is 55.0 Å². The summed E-state index contributed by atoms with van der Waals surface area (Å²) in [5.74, 6) is 6.78. The SMILES string of the molecule is CCCC#Cc1ccc([C@@H]2[C@@H](CO)N3CCCCN(C(=O)Cc4ccccn4)C[C@@H]23)cc1. The van der Waals surface area contributed by atoms with Crippen molar-refractivity contribution in [3.05, 3.63) is 65.5 Å². The van der Waals surface area contributed by atoms with Crippen LogP contribution in [0.2, 0.25) is 0 Å². The van der Waals surface area contributed by atoms with Crippen molar-refractivity contribution in [2.75, 3.05) is 26.2 Å². The van der Waals surface area contributed by atoms with Gasteiger partial charge in [-0.2, -0.15) is 0 Å². The summed E-state index contributed by atoms with van der Waals surface area (Å²) < 4.78 is 0. The number of aromatic nitrogens is 1. The normalized spacial score (nSPS) is 23.2. The van der Waals surface area contributed by atoms with Crippen molar-refractivity contribution in [2.24, 2.45) is 0 Å². The van der Waals surface area contributed by atoms with Gasteiger partial charge in [-0.15, -0.1) is 0 Å². The van der Waals surface area contributed by atoms with Crippen molar-refractivity contribution in [1.82, 2.24) is 14.8 Å². The zero-order chi connectivity index (χ0) is 22.3. The smallest absolute Gasteiger partial charge is 0.228 e. The van der Waals surface area contributed by atoms with Gasteiger partial charge in [0.2, 0.25) is 5.91 Å². The minimum atomic E-state index is 0.114. The fraction of sp³-hybridized carbons (Fsp3) is 0.481. The summed E-state index contributed by atoms with van der Waals surface area (Å²) >= 11 is 0. The molecule has 5 heteroatoms. The van der Waals surface area contributed by atoms with E-state index in [9.17, 15) is 9.90 Å². The minimum absolute atomic E-state index is 0.114. The Kier molecular flexibility index (Phi) is 7.57. The van der Waals surface area contributed by atoms with Crippen molar-refractivity contribution >= 4 is 5.91 Å². The number of benzene rings is 1. The lowest BCUT2D eigenvalue weighted by Crippen LogP contribution is -2.68. The van der Waals surface area contributed by atoms with Crippen LogP contribution in [0.3, 0.4) is 0 Å². The number of unbranched alkanes of at least 4 members (excludes halogenated alkanes) is 1. The highest BCUT2D eigenvalue weighted by atomic mass is 16.3. The number of fused-ring (bicyclic) bond motifs is 1. The summed E-state index contributed by atoms with van der Waals surface area (Å²) in [6.07, 6.45) is 6.09. The third-order valence-electron chi connectivity index (χ3n) is 6.68. The van der Waals surface area contributed by atoms with E-state index in [-0.39, 0.29) is 30.5 Å². The average molecular weight is 432 g/mol. The number of rotatable bonds is 5. The molecule has 4 rings (SSSR count). The first-order valence-electron chi connectivity index (χ1n) is 11.8. The van der Waals surface area contributed by atoms with Gasteiger partial charge >= 0.3 is 0 Å². The van der Waals surface area contributed by atoms with Crippen LogP contribution in [0.4, 0.5) is 0 Å². The number of aliphatic hydroxyl groups excluding tert-OH is 1. The van der Waals surface area contributed by atoms with E-state index in [1.165, 1.54) is 5.56 Å². The van der Waals surface area contributed by atoms with Crippen molar-refractivity contribution in [3.63, 3.8) is 0 Å². The van der Waals surface area contributed by atoms with E-state index in [2.05, 4.69) is 52.9 Å². The zero-order valence-electron chi connectivity index (χ0n) is 18.9. The van der Waals surface area contributed by atoms with Gasteiger partial charge in [-0.3, -0.25) is 14.7 Å². The van der Waals surface area contributed by atoms with Gasteiger partial charge in [-0.25, -0.2) is 0 Å². The van der Waals surface area contributed by atoms with Crippen molar-refractivity contribution in [1.29, 1.82) is 0 Å². The third-order valence-corrected chi connectivity index (χ3v) is 6.68. The Balaban J connectivity index is 1.50. The molecule has 2 aromatic rings. The van der Waals surface area contributed by atoms with E-state index in [0.29, 0.717) is 13.0 Å². The fourth-order valence-electron chi connectivity index (χ4n) is 5.01. The first-order valence-corrected chi connectivity index (χ1v) is 11.8. The predicted molar refractivity (Wildman–Crippen MR) is 126 cm³/mol. The number of amides is 1. The Morgan fingerprint density at radius 3 is 2.69 bits per heavy atom. The molecule has 5 nitrogen and oxygen atoms in total. The van der Waals surface area contributed by atoms with Crippen LogP contribution in [0, 0.1) is 11.8 Å². The van der Waals surface area contributed by atoms with Crippen molar-refractivity contribution in [3.8, 4) is 11.8 Å². The largest absolute Gasteiger partial charge is 0.395 e. The van der Waals surface area contributed by atoms with Crippen LogP contribution in [-0.2, 0) is 11.2 Å². The molecule has 32 heavy (non-hydrogen) atoms. The first kappa shape index (κ1) is 22.5. The lowest BCUT2D eigenvalue weighted by atomic mass is 9.74. The van der Waals surface area contributed by atoms with Crippen LogP contribution in [0.1, 0.15) is 55.3 Å². The summed E-state index contributed by atoms with van der Waals surface area (Å²) in [4.78, 5) is 21.8. The second-order valence-electron chi connectivity index (χ2n) is 8.80. The van der Waals surface area contributed by atoms with E-state index < -0.39 is 0 Å². The Morgan fingerprint density at radius 1 is 1.16 bits per heavy atom. The molecule has 1 aromatic carbocycles. The van der Waals surface area contributed by atoms with Gasteiger partial charge < -0.3 is 10.0 Å². The Morgan fingerprint density at radius 2 is 1.97 bits per heavy atom. The summed E-state index contributed by atoms with van der Waals surface area (Å²) in [5, 5.41) is 10.1. The molecule has 0 radical (unpaired) electrons. The van der Waals surface area contributed by atoms with Gasteiger partial charge in [-0.1, -0.05) is 37.0 Å². The number of hydrogen-bond donors (Lipinski definition) is 1. The molecule has 1 amide bonds. The van der Waals surface area contributed by atoms with Crippen molar-refractivity contribution in [2.45, 2.75) is 57.0 Å². The van der Waals surface area contributed by atoms with E-state index in [1.54, 1.807) is 6.20 Å². The van der Waals surface area contributed by atoms with Crippen LogP contribution < -0.4 is 0 Å². The highest BCUT2D eigenvalue weighted by molar-refractivity contribution is 5.78. The van der Waals surface area contributed by atoms with Crippen LogP contribution in [0.5, 0.6) is 0 Å². The highest BCUT2D eigenvalue weighted by Crippen LogP contribution is 2.42. The Labute approximate surface area is 191 Å². The van der Waals surface area contributed by atoms with Gasteiger partial charge in [-0.05, 0) is 55.6 Å². The Hall–Kier alpha value is -2.68. The predicted octanol–water partition coefficient (Wildman–Crippen LogP) is 3.23. The molecule has 1 aromatic heterocycles. The molecule has 3 atom stereocenters. The van der Waals surface area contributed by atoms with E-state index in [1.807, 2.05) is 23.1 Å². The van der Waals surface area contributed by atoms with Crippen LogP contribution in [0.25, 0.3) is 0 Å². The van der Waals surface area contributed by atoms with Gasteiger partial charge in [0.15, 0.2) is 0 Å². The molecule has 0 unspecified atom stereocenters. The molecule has 0 saturated carbocycles. The molecule has 0 bridgehead atoms. The maximum absolute atomic E-state index is 13.1. The number of hydrogen-bond acceptors (Lipinski definition) is 4. The molecule has 0 aliphatic carbocycles. The van der Waals surface area contributed by atoms with Crippen LogP contribution >= 0.6 is 0 Å². The molecule has 168 valence electrons. The Bertz CT molecular complexity index is 948. The molecule has 2 fully saturated rings. The molecule has 2 aliphatic heterocycles. The second-order valence-corrected chi connectivity index (χ2v) is 8.80. The zero-order valence-corrected chi connectivity index (χ0v) is 18.9. The molecular weight excluding hydrogens is 398 g/mol. The lowest BCUT2D eigenvalue weighted by molar-refractivity contribution is -0.135. The van der Waals surface area contributed by atoms with Crippen molar-refractivity contribution < 1.29 is 9.90 Å². The molecule has 3 heterocycles. The minimum Gasteiger partial charge on any atom is -0.395 e. The maximum Gasteiger partial charge on any atom is 0.228 e. The summed E-state index contributed by atoms with van der Waals surface area (Å²) in [5.41, 5.74) is 3.07. The fourth-order valence-corrected chi connectivity index (χ4v) is 5.01. The van der Waals surface area contributed by atoms with Crippen LogP contribution in [-0.4, -0.2) is 64.1 Å². The first-order chi connectivity index (χ1) is 15.7. The topological polar surface area (TPSA) is 56.7 Å². The lowest BCUT2D eigenvalue weighted by Gasteiger charge is -2.57. The maximum atomic E-state index is 13.1. The summed E-state index contributed by atoms with van der Waals surface area (Å²) in [6.45, 7) is 4.74. The van der Waals surface area contributed by atoms with Gasteiger partial charge in [0.05, 0.1) is 13.0 Å². The monoisotopic (exact) mass is 431 g/mol. The van der Waals surface area contributed by atoms with E-state index in [4.69, 9.17) is 0 Å². The molecule has 1 N–H and O–H groups in total. The second kappa shape index (κ2) is 10.8. The highest BCUT2D eigenvalue weighted by Gasteiger charge is 2.49. The summed E-state index contributed by atoms with van der Waals surface area (Å²) in [6, 6.07) is 14.5. The standard InChI is InChI=1S/C27H33N3O2/c1-2-3-4-9-21-11-13-22(14-12-21)27-24-19-29(16-7-8-17-30(24)25(27)20-31)26(32)18-23-10-5-6-15-28-23/h5-6,10-15,24-25,27,31H,2-3,7-8,16-20H2,1H3/t24-,25+,27-/m0/s1. The molecular formula is C27H33N3O2.